The molecule has 0 atom stereocenters. The van der Waals surface area contributed by atoms with E-state index in [4.69, 9.17) is 4.74 Å². The van der Waals surface area contributed by atoms with Gasteiger partial charge in [0.25, 0.3) is 0 Å². The largest absolute Gasteiger partial charge is 0.496 e. The van der Waals surface area contributed by atoms with Crippen LogP contribution in [0.4, 0.5) is 0 Å². The lowest BCUT2D eigenvalue weighted by Crippen LogP contribution is -1.94. The Morgan fingerprint density at radius 1 is 1.29 bits per heavy atom. The van der Waals surface area contributed by atoms with Gasteiger partial charge in [0, 0.05) is 17.4 Å². The minimum absolute atomic E-state index is 0.498. The minimum Gasteiger partial charge on any atom is -0.496 e. The Morgan fingerprint density at radius 3 is 2.71 bits per heavy atom. The van der Waals surface area contributed by atoms with Crippen LogP contribution in [0.1, 0.15) is 36.0 Å². The van der Waals surface area contributed by atoms with Crippen LogP contribution in [0.15, 0.2) is 29.6 Å². The summed E-state index contributed by atoms with van der Waals surface area (Å²) < 4.78 is 5.35. The highest BCUT2D eigenvalue weighted by atomic mass is 32.1. The van der Waals surface area contributed by atoms with E-state index in [1.54, 1.807) is 18.4 Å². The first-order valence-corrected chi connectivity index (χ1v) is 6.65. The molecule has 0 aliphatic carbocycles. The molecule has 0 spiro atoms. The maximum absolute atomic E-state index is 5.35. The van der Waals surface area contributed by atoms with Gasteiger partial charge in [-0.1, -0.05) is 32.0 Å². The molecule has 2 nitrogen and oxygen atoms in total. The maximum atomic E-state index is 5.35. The Kier molecular flexibility index (Phi) is 3.79. The van der Waals surface area contributed by atoms with E-state index in [0.717, 1.165) is 17.2 Å². The van der Waals surface area contributed by atoms with Crippen LogP contribution in [-0.4, -0.2) is 12.1 Å². The maximum Gasteiger partial charge on any atom is 0.122 e. The van der Waals surface area contributed by atoms with Crippen molar-refractivity contribution in [3.8, 4) is 5.75 Å². The number of thiazole rings is 1. The van der Waals surface area contributed by atoms with Crippen LogP contribution in [0, 0.1) is 0 Å². The Hall–Kier alpha value is -1.35. The predicted molar refractivity (Wildman–Crippen MR) is 72.0 cm³/mol. The van der Waals surface area contributed by atoms with Crippen LogP contribution in [0.2, 0.25) is 0 Å². The fourth-order valence-electron chi connectivity index (χ4n) is 1.68. The standard InChI is InChI=1S/C14H17NOS/c1-10(2)12-9-17-14(15-12)8-11-6-4-5-7-13(11)16-3/h4-7,9-10H,8H2,1-3H3. The van der Waals surface area contributed by atoms with Gasteiger partial charge >= 0.3 is 0 Å². The number of rotatable bonds is 4. The van der Waals surface area contributed by atoms with Crippen LogP contribution in [0.25, 0.3) is 0 Å². The number of hydrogen-bond donors (Lipinski definition) is 0. The summed E-state index contributed by atoms with van der Waals surface area (Å²) in [6.07, 6.45) is 0.849. The number of methoxy groups -OCH3 is 1. The third-order valence-corrected chi connectivity index (χ3v) is 3.56. The number of para-hydroxylation sites is 1. The van der Waals surface area contributed by atoms with Crippen molar-refractivity contribution in [3.05, 3.63) is 45.9 Å². The third-order valence-electron chi connectivity index (χ3n) is 2.70. The Morgan fingerprint density at radius 2 is 2.06 bits per heavy atom. The molecule has 0 fully saturated rings. The van der Waals surface area contributed by atoms with Gasteiger partial charge in [0.05, 0.1) is 17.8 Å². The third kappa shape index (κ3) is 2.86. The highest BCUT2D eigenvalue weighted by Gasteiger charge is 2.08. The topological polar surface area (TPSA) is 22.1 Å². The van der Waals surface area contributed by atoms with E-state index in [0.29, 0.717) is 5.92 Å². The smallest absolute Gasteiger partial charge is 0.122 e. The number of aromatic nitrogens is 1. The van der Waals surface area contributed by atoms with Crippen molar-refractivity contribution in [2.24, 2.45) is 0 Å². The molecular formula is C14H17NOS. The Balaban J connectivity index is 2.19. The van der Waals surface area contributed by atoms with Gasteiger partial charge in [0.15, 0.2) is 0 Å². The monoisotopic (exact) mass is 247 g/mol. The summed E-state index contributed by atoms with van der Waals surface area (Å²) in [5, 5.41) is 3.30. The van der Waals surface area contributed by atoms with Crippen molar-refractivity contribution in [1.82, 2.24) is 4.98 Å². The lowest BCUT2D eigenvalue weighted by Gasteiger charge is -2.06. The molecule has 0 saturated carbocycles. The van der Waals surface area contributed by atoms with Crippen molar-refractivity contribution in [3.63, 3.8) is 0 Å². The van der Waals surface area contributed by atoms with Gasteiger partial charge in [-0.05, 0) is 12.0 Å². The summed E-state index contributed by atoms with van der Waals surface area (Å²) in [7, 11) is 1.71. The van der Waals surface area contributed by atoms with E-state index in [1.807, 2.05) is 18.2 Å². The van der Waals surface area contributed by atoms with Gasteiger partial charge in [-0.15, -0.1) is 11.3 Å². The molecule has 1 aromatic heterocycles. The quantitative estimate of drug-likeness (QED) is 0.818. The second-order valence-electron chi connectivity index (χ2n) is 4.31. The number of ether oxygens (including phenoxy) is 1. The van der Waals surface area contributed by atoms with Crippen molar-refractivity contribution < 1.29 is 4.74 Å². The minimum atomic E-state index is 0.498. The molecule has 0 radical (unpaired) electrons. The van der Waals surface area contributed by atoms with E-state index in [2.05, 4.69) is 30.3 Å². The van der Waals surface area contributed by atoms with Crippen molar-refractivity contribution in [2.45, 2.75) is 26.2 Å². The van der Waals surface area contributed by atoms with Gasteiger partial charge in [-0.3, -0.25) is 0 Å². The molecular weight excluding hydrogens is 230 g/mol. The molecule has 0 amide bonds. The molecule has 1 heterocycles. The van der Waals surface area contributed by atoms with Crippen LogP contribution in [0.5, 0.6) is 5.75 Å². The van der Waals surface area contributed by atoms with Gasteiger partial charge in [-0.2, -0.15) is 0 Å². The molecule has 0 aliphatic rings. The zero-order valence-corrected chi connectivity index (χ0v) is 11.3. The summed E-state index contributed by atoms with van der Waals surface area (Å²) in [4.78, 5) is 4.64. The highest BCUT2D eigenvalue weighted by Crippen LogP contribution is 2.24. The Labute approximate surface area is 106 Å². The van der Waals surface area contributed by atoms with Gasteiger partial charge in [0.2, 0.25) is 0 Å². The first-order valence-electron chi connectivity index (χ1n) is 5.77. The van der Waals surface area contributed by atoms with E-state index in [9.17, 15) is 0 Å². The zero-order valence-electron chi connectivity index (χ0n) is 10.4. The number of benzene rings is 1. The first kappa shape index (κ1) is 12.1. The zero-order chi connectivity index (χ0) is 12.3. The molecule has 3 heteroatoms. The molecule has 0 saturated heterocycles. The molecule has 0 N–H and O–H groups in total. The van der Waals surface area contributed by atoms with E-state index in [-0.39, 0.29) is 0 Å². The lowest BCUT2D eigenvalue weighted by atomic mass is 10.1. The summed E-state index contributed by atoms with van der Waals surface area (Å²) in [6, 6.07) is 8.11. The molecule has 0 unspecified atom stereocenters. The Bertz CT molecular complexity index is 490. The highest BCUT2D eigenvalue weighted by molar-refractivity contribution is 7.09. The van der Waals surface area contributed by atoms with Crippen molar-refractivity contribution >= 4 is 11.3 Å². The van der Waals surface area contributed by atoms with Crippen LogP contribution >= 0.6 is 11.3 Å². The summed E-state index contributed by atoms with van der Waals surface area (Å²) in [5.41, 5.74) is 2.37. The molecule has 2 rings (SSSR count). The van der Waals surface area contributed by atoms with Crippen LogP contribution in [0.3, 0.4) is 0 Å². The molecule has 0 aliphatic heterocycles. The second kappa shape index (κ2) is 5.32. The molecule has 90 valence electrons. The number of nitrogens with zero attached hydrogens (tertiary/aromatic N) is 1. The summed E-state index contributed by atoms with van der Waals surface area (Å²) in [6.45, 7) is 4.34. The average Bonchev–Trinajstić information content (AvgIpc) is 2.78. The fourth-order valence-corrected chi connectivity index (χ4v) is 2.66. The predicted octanol–water partition coefficient (Wildman–Crippen LogP) is 3.87. The lowest BCUT2D eigenvalue weighted by molar-refractivity contribution is 0.410. The molecule has 1 aromatic carbocycles. The van der Waals surface area contributed by atoms with E-state index < -0.39 is 0 Å². The SMILES string of the molecule is COc1ccccc1Cc1nc(C(C)C)cs1. The first-order chi connectivity index (χ1) is 8.20. The van der Waals surface area contributed by atoms with Crippen molar-refractivity contribution in [2.75, 3.05) is 7.11 Å². The normalized spacial score (nSPS) is 10.8. The van der Waals surface area contributed by atoms with Crippen LogP contribution < -0.4 is 4.74 Å². The molecule has 0 bridgehead atoms. The van der Waals surface area contributed by atoms with E-state index >= 15 is 0 Å². The van der Waals surface area contributed by atoms with Gasteiger partial charge in [-0.25, -0.2) is 4.98 Å². The van der Waals surface area contributed by atoms with Crippen LogP contribution in [-0.2, 0) is 6.42 Å². The fraction of sp³-hybridized carbons (Fsp3) is 0.357. The second-order valence-corrected chi connectivity index (χ2v) is 5.25. The van der Waals surface area contributed by atoms with E-state index in [1.165, 1.54) is 11.3 Å². The molecule has 17 heavy (non-hydrogen) atoms. The summed E-state index contributed by atoms with van der Waals surface area (Å²) >= 11 is 1.73. The van der Waals surface area contributed by atoms with Gasteiger partial charge < -0.3 is 4.74 Å². The molecule has 2 aromatic rings. The summed E-state index contributed by atoms with van der Waals surface area (Å²) in [5.74, 6) is 1.44. The van der Waals surface area contributed by atoms with Gasteiger partial charge in [0.1, 0.15) is 5.75 Å². The number of hydrogen-bond acceptors (Lipinski definition) is 3. The van der Waals surface area contributed by atoms with Crippen molar-refractivity contribution in [1.29, 1.82) is 0 Å². The average molecular weight is 247 g/mol.